The third-order valence-corrected chi connectivity index (χ3v) is 0. The first-order chi connectivity index (χ1) is 1.41. The molecule has 0 aromatic carbocycles. The number of hydrogen-bond acceptors (Lipinski definition) is 1. The van der Waals surface area contributed by atoms with E-state index in [4.69, 9.17) is 5.40 Å². The summed E-state index contributed by atoms with van der Waals surface area (Å²) in [6, 6.07) is 0. The van der Waals surface area contributed by atoms with Gasteiger partial charge in [0.1, 0.15) is 0 Å². The van der Waals surface area contributed by atoms with E-state index in [0.29, 0.717) is 0 Å². The molecule has 0 aromatic rings. The molecule has 22 valence electrons. The zero-order valence-corrected chi connectivity index (χ0v) is 6.70. The molecule has 3 heteroatoms. The van der Waals surface area contributed by atoms with E-state index >= 15 is 0 Å². The van der Waals surface area contributed by atoms with Gasteiger partial charge in [0.15, 0.2) is 0 Å². The Bertz CT molecular complexity index is 11.6. The van der Waals surface area contributed by atoms with Gasteiger partial charge in [-0.2, -0.15) is 0 Å². The second-order valence-electron chi connectivity index (χ2n) is 0.408. The minimum atomic E-state index is -0.0833. The molecule has 0 spiro atoms. The molecule has 0 atom stereocenters. The second kappa shape index (κ2) is 8.90. The van der Waals surface area contributed by atoms with Crippen LogP contribution in [0, 0.1) is 0 Å². The van der Waals surface area contributed by atoms with E-state index in [-0.39, 0.29) is 40.7 Å². The molecule has 0 heterocycles. The molecule has 0 unspecified atom stereocenters. The summed E-state index contributed by atoms with van der Waals surface area (Å²) in [5.74, 6) is 0. The fraction of sp³-hybridized carbons (Fsp3) is 1.00. The molecule has 0 aliphatic carbocycles. The predicted octanol–water partition coefficient (Wildman–Crippen LogP) is -3.81. The summed E-state index contributed by atoms with van der Waals surface area (Å²) < 4.78 is 0. The maximum atomic E-state index is 4.99. The van der Waals surface area contributed by atoms with Crippen molar-refractivity contribution in [3.63, 3.8) is 0 Å². The van der Waals surface area contributed by atoms with Gasteiger partial charge in [0.2, 0.25) is 0 Å². The number of nitrogens with two attached hydrogens (primary N) is 1. The standard InChI is InChI=1S/CH7NSi.Na.H/c1-3-2;;/h2-3H2,1H3;;/q;+1;-1. The quantitative estimate of drug-likeness (QED) is 0.300. The van der Waals surface area contributed by atoms with Crippen LogP contribution in [0.1, 0.15) is 1.43 Å². The van der Waals surface area contributed by atoms with E-state index < -0.39 is 0 Å². The van der Waals surface area contributed by atoms with Crippen molar-refractivity contribution in [3.05, 3.63) is 0 Å². The summed E-state index contributed by atoms with van der Waals surface area (Å²) in [5, 5.41) is 4.99. The van der Waals surface area contributed by atoms with Gasteiger partial charge in [-0.1, -0.05) is 6.55 Å². The molecule has 0 radical (unpaired) electrons. The van der Waals surface area contributed by atoms with E-state index in [2.05, 4.69) is 0 Å². The predicted molar refractivity (Wildman–Crippen MR) is 19.7 cm³/mol. The molecule has 0 bridgehead atoms. The first-order valence-electron chi connectivity index (χ1n) is 1.12. The van der Waals surface area contributed by atoms with Crippen molar-refractivity contribution in [3.8, 4) is 0 Å². The Kier molecular flexibility index (Phi) is 19.9. The Labute approximate surface area is 52.6 Å². The third-order valence-electron chi connectivity index (χ3n) is 0. The van der Waals surface area contributed by atoms with Crippen molar-refractivity contribution < 1.29 is 31.0 Å². The van der Waals surface area contributed by atoms with Crippen molar-refractivity contribution in [2.75, 3.05) is 0 Å². The zero-order chi connectivity index (χ0) is 2.71. The first kappa shape index (κ1) is 8.95. The molecule has 0 saturated carbocycles. The molecular formula is CH8NNaSi. The van der Waals surface area contributed by atoms with E-state index in [1.165, 1.54) is 0 Å². The molecule has 0 rings (SSSR count). The van der Waals surface area contributed by atoms with Crippen molar-refractivity contribution in [1.29, 1.82) is 0 Å². The van der Waals surface area contributed by atoms with E-state index in [1.54, 1.807) is 0 Å². The van der Waals surface area contributed by atoms with E-state index in [9.17, 15) is 0 Å². The summed E-state index contributed by atoms with van der Waals surface area (Å²) in [7, 11) is -0.0833. The number of rotatable bonds is 0. The van der Waals surface area contributed by atoms with Crippen LogP contribution in [-0.2, 0) is 0 Å². The largest absolute Gasteiger partial charge is 1.00 e. The van der Waals surface area contributed by atoms with Crippen LogP contribution in [0.25, 0.3) is 0 Å². The minimum absolute atomic E-state index is 0. The molecule has 2 N–H and O–H groups in total. The molecule has 0 fully saturated rings. The van der Waals surface area contributed by atoms with Gasteiger partial charge >= 0.3 is 29.6 Å². The fourth-order valence-corrected chi connectivity index (χ4v) is 0. The van der Waals surface area contributed by atoms with Gasteiger partial charge in [0.25, 0.3) is 0 Å². The van der Waals surface area contributed by atoms with Crippen LogP contribution >= 0.6 is 0 Å². The van der Waals surface area contributed by atoms with Crippen molar-refractivity contribution in [2.24, 2.45) is 5.40 Å². The Morgan fingerprint density at radius 1 is 2.00 bits per heavy atom. The van der Waals surface area contributed by atoms with Gasteiger partial charge in [-0.25, -0.2) is 0 Å². The summed E-state index contributed by atoms with van der Waals surface area (Å²) in [6.07, 6.45) is 0. The van der Waals surface area contributed by atoms with Crippen LogP contribution in [0.3, 0.4) is 0 Å². The summed E-state index contributed by atoms with van der Waals surface area (Å²) in [4.78, 5) is 0. The summed E-state index contributed by atoms with van der Waals surface area (Å²) in [6.45, 7) is 2.04. The molecule has 0 saturated heterocycles. The Morgan fingerprint density at radius 2 is 2.00 bits per heavy atom. The third kappa shape index (κ3) is 10.9. The van der Waals surface area contributed by atoms with Gasteiger partial charge in [-0.3, -0.25) is 0 Å². The smallest absolute Gasteiger partial charge is 1.00 e. The van der Waals surface area contributed by atoms with Gasteiger partial charge in [0, 0.05) is 0 Å². The van der Waals surface area contributed by atoms with Crippen molar-refractivity contribution in [1.82, 2.24) is 0 Å². The van der Waals surface area contributed by atoms with Crippen LogP contribution in [0.5, 0.6) is 0 Å². The zero-order valence-electron chi connectivity index (χ0n) is 4.28. The summed E-state index contributed by atoms with van der Waals surface area (Å²) in [5.41, 5.74) is 0. The van der Waals surface area contributed by atoms with Crippen LogP contribution < -0.4 is 35.0 Å². The minimum Gasteiger partial charge on any atom is -1.00 e. The van der Waals surface area contributed by atoms with Gasteiger partial charge in [0.05, 0.1) is 9.68 Å². The average Bonchev–Trinajstić information content (AvgIpc) is 0.918. The Balaban J connectivity index is -0.0000000200. The SMILES string of the molecule is C[SiH2]N.[H-].[Na+]. The maximum Gasteiger partial charge on any atom is 1.00 e. The average molecular weight is 85.2 g/mol. The second-order valence-corrected chi connectivity index (χ2v) is 1.22. The number of hydrogen-bond donors (Lipinski definition) is 1. The van der Waals surface area contributed by atoms with Gasteiger partial charge in [-0.15, -0.1) is 0 Å². The van der Waals surface area contributed by atoms with Gasteiger partial charge in [-0.05, 0) is 0 Å². The van der Waals surface area contributed by atoms with Crippen molar-refractivity contribution >= 4 is 9.68 Å². The topological polar surface area (TPSA) is 26.0 Å². The molecule has 0 aromatic heterocycles. The van der Waals surface area contributed by atoms with Crippen LogP contribution in [0.15, 0.2) is 0 Å². The Hall–Kier alpha value is 1.18. The molecule has 4 heavy (non-hydrogen) atoms. The molecule has 0 aliphatic rings. The summed E-state index contributed by atoms with van der Waals surface area (Å²) >= 11 is 0. The van der Waals surface area contributed by atoms with Crippen LogP contribution in [-0.4, -0.2) is 9.68 Å². The van der Waals surface area contributed by atoms with Crippen molar-refractivity contribution in [2.45, 2.75) is 6.55 Å². The van der Waals surface area contributed by atoms with Crippen LogP contribution in [0.2, 0.25) is 6.55 Å². The normalized spacial score (nSPS) is 7.50. The maximum absolute atomic E-state index is 4.99. The van der Waals surface area contributed by atoms with E-state index in [1.807, 2.05) is 6.55 Å². The fourth-order valence-electron chi connectivity index (χ4n) is 0. The van der Waals surface area contributed by atoms with Gasteiger partial charge < -0.3 is 6.83 Å². The monoisotopic (exact) mass is 85.0 g/mol. The first-order valence-corrected chi connectivity index (χ1v) is 3.35. The van der Waals surface area contributed by atoms with E-state index in [0.717, 1.165) is 0 Å². The molecule has 0 aliphatic heterocycles. The molecular weight excluding hydrogens is 77.1 g/mol. The Morgan fingerprint density at radius 3 is 2.00 bits per heavy atom. The molecule has 1 nitrogen and oxygen atoms in total. The van der Waals surface area contributed by atoms with Crippen LogP contribution in [0.4, 0.5) is 0 Å². The molecule has 0 amide bonds.